The molecule has 0 amide bonds. The van der Waals surface area contributed by atoms with Crippen molar-refractivity contribution in [1.29, 1.82) is 0 Å². The lowest BCUT2D eigenvalue weighted by molar-refractivity contribution is -0.332. The van der Waals surface area contributed by atoms with Crippen LogP contribution in [-0.4, -0.2) is 48.4 Å². The summed E-state index contributed by atoms with van der Waals surface area (Å²) in [7, 11) is 0. The van der Waals surface area contributed by atoms with Crippen molar-refractivity contribution in [3.05, 3.63) is 0 Å². The zero-order valence-corrected chi connectivity index (χ0v) is 19.4. The molecule has 0 aromatic rings. The van der Waals surface area contributed by atoms with Crippen LogP contribution in [0, 0.1) is 0 Å². The van der Waals surface area contributed by atoms with Gasteiger partial charge in [0.15, 0.2) is 0 Å². The summed E-state index contributed by atoms with van der Waals surface area (Å²) in [5.74, 6) is -6.74. The normalized spacial score (nSPS) is 13.0. The van der Waals surface area contributed by atoms with E-state index in [4.69, 9.17) is 14.2 Å². The largest absolute Gasteiger partial charge is 0.452 e. The third kappa shape index (κ3) is 13.1. The first-order valence-corrected chi connectivity index (χ1v) is 10.8. The second-order valence-corrected chi connectivity index (χ2v) is 6.90. The van der Waals surface area contributed by atoms with E-state index in [0.717, 1.165) is 13.3 Å². The predicted octanol–water partition coefficient (Wildman–Crippen LogP) is 2.40. The molecule has 0 spiro atoms. The minimum Gasteiger partial charge on any atom is -0.452 e. The SMILES string of the molecule is CCCCC(=O)OOC(=O)C(CCCC(OC(C)=O)(OC(=O)CC)OC(=O)CCC)OC=O. The minimum absolute atomic E-state index is 0.00251. The van der Waals surface area contributed by atoms with Gasteiger partial charge in [0.05, 0.1) is 12.8 Å². The third-order valence-corrected chi connectivity index (χ3v) is 3.96. The van der Waals surface area contributed by atoms with Crippen molar-refractivity contribution < 1.29 is 57.5 Å². The number of hydrogen-bond acceptors (Lipinski definition) is 12. The Hall–Kier alpha value is -3.18. The van der Waals surface area contributed by atoms with Gasteiger partial charge in [-0.3, -0.25) is 19.2 Å². The maximum Gasteiger partial charge on any atom is 0.423 e. The number of hydrogen-bond donors (Lipinski definition) is 0. The second kappa shape index (κ2) is 16.5. The van der Waals surface area contributed by atoms with Crippen LogP contribution in [0.25, 0.3) is 0 Å². The molecule has 0 N–H and O–H groups in total. The molecule has 2 unspecified atom stereocenters. The Kier molecular flexibility index (Phi) is 14.9. The predicted molar refractivity (Wildman–Crippen MR) is 108 cm³/mol. The van der Waals surface area contributed by atoms with Crippen molar-refractivity contribution in [1.82, 2.24) is 0 Å². The summed E-state index contributed by atoms with van der Waals surface area (Å²) in [5.41, 5.74) is 0. The van der Waals surface area contributed by atoms with Gasteiger partial charge in [-0.2, -0.15) is 0 Å². The van der Waals surface area contributed by atoms with Crippen LogP contribution in [0.2, 0.25) is 0 Å². The van der Waals surface area contributed by atoms with Gasteiger partial charge < -0.3 is 18.9 Å². The van der Waals surface area contributed by atoms with E-state index in [2.05, 4.69) is 14.5 Å². The topological polar surface area (TPSA) is 158 Å². The van der Waals surface area contributed by atoms with E-state index in [9.17, 15) is 28.8 Å². The number of carbonyl (C=O) groups is 6. The molecule has 0 saturated carbocycles. The minimum atomic E-state index is -2.35. The summed E-state index contributed by atoms with van der Waals surface area (Å²) >= 11 is 0. The van der Waals surface area contributed by atoms with Crippen LogP contribution in [0.4, 0.5) is 0 Å². The van der Waals surface area contributed by atoms with E-state index in [1.54, 1.807) is 6.92 Å². The van der Waals surface area contributed by atoms with E-state index in [1.807, 2.05) is 6.92 Å². The van der Waals surface area contributed by atoms with Gasteiger partial charge in [0.25, 0.3) is 6.47 Å². The van der Waals surface area contributed by atoms with Crippen LogP contribution in [0.15, 0.2) is 0 Å². The highest BCUT2D eigenvalue weighted by molar-refractivity contribution is 5.77. The Morgan fingerprint density at radius 1 is 0.818 bits per heavy atom. The maximum absolute atomic E-state index is 12.1. The first kappa shape index (κ1) is 29.8. The number of rotatable bonds is 16. The zero-order valence-electron chi connectivity index (χ0n) is 19.4. The fourth-order valence-electron chi connectivity index (χ4n) is 2.43. The molecule has 0 aliphatic rings. The third-order valence-electron chi connectivity index (χ3n) is 3.96. The molecule has 0 heterocycles. The van der Waals surface area contributed by atoms with Crippen molar-refractivity contribution in [2.75, 3.05) is 0 Å². The van der Waals surface area contributed by atoms with Crippen molar-refractivity contribution in [2.24, 2.45) is 0 Å². The van der Waals surface area contributed by atoms with E-state index >= 15 is 0 Å². The first-order valence-electron chi connectivity index (χ1n) is 10.8. The summed E-state index contributed by atoms with van der Waals surface area (Å²) in [6.45, 7) is 6.10. The smallest absolute Gasteiger partial charge is 0.423 e. The van der Waals surface area contributed by atoms with Crippen LogP contribution < -0.4 is 0 Å². The van der Waals surface area contributed by atoms with Crippen molar-refractivity contribution >= 4 is 36.3 Å². The summed E-state index contributed by atoms with van der Waals surface area (Å²) in [6, 6.07) is 0. The highest BCUT2D eigenvalue weighted by Gasteiger charge is 2.42. The highest BCUT2D eigenvalue weighted by Crippen LogP contribution is 2.26. The molecule has 0 aromatic carbocycles. The highest BCUT2D eigenvalue weighted by atomic mass is 17.2. The van der Waals surface area contributed by atoms with Crippen LogP contribution in [0.3, 0.4) is 0 Å². The Bertz CT molecular complexity index is 674. The molecule has 0 radical (unpaired) electrons. The molecule has 0 aliphatic heterocycles. The van der Waals surface area contributed by atoms with Crippen LogP contribution in [0.5, 0.6) is 0 Å². The first-order chi connectivity index (χ1) is 15.6. The van der Waals surface area contributed by atoms with Gasteiger partial charge in [-0.15, -0.1) is 0 Å². The lowest BCUT2D eigenvalue weighted by atomic mass is 10.1. The molecule has 0 bridgehead atoms. The Morgan fingerprint density at radius 3 is 2.03 bits per heavy atom. The molecule has 2 atom stereocenters. The van der Waals surface area contributed by atoms with Gasteiger partial charge in [0.2, 0.25) is 6.10 Å². The summed E-state index contributed by atoms with van der Waals surface area (Å²) in [6.07, 6.45) is -0.552. The Morgan fingerprint density at radius 2 is 1.48 bits per heavy atom. The molecule has 0 rings (SSSR count). The number of unbranched alkanes of at least 4 members (excludes halogenated alkanes) is 1. The van der Waals surface area contributed by atoms with Gasteiger partial charge in [-0.05, 0) is 25.7 Å². The summed E-state index contributed by atoms with van der Waals surface area (Å²) < 4.78 is 20.0. The molecule has 188 valence electrons. The van der Waals surface area contributed by atoms with Crippen molar-refractivity contribution in [3.8, 4) is 0 Å². The Labute approximate surface area is 192 Å². The summed E-state index contributed by atoms with van der Waals surface area (Å²) in [4.78, 5) is 78.6. The van der Waals surface area contributed by atoms with Gasteiger partial charge >= 0.3 is 35.8 Å². The lowest BCUT2D eigenvalue weighted by Gasteiger charge is -2.31. The zero-order chi connectivity index (χ0) is 25.3. The quantitative estimate of drug-likeness (QED) is 0.105. The average Bonchev–Trinajstić information content (AvgIpc) is 2.74. The lowest BCUT2D eigenvalue weighted by Crippen LogP contribution is -2.44. The number of esters is 3. The van der Waals surface area contributed by atoms with E-state index in [0.29, 0.717) is 12.8 Å². The molecule has 0 aromatic heterocycles. The average molecular weight is 476 g/mol. The van der Waals surface area contributed by atoms with Gasteiger partial charge in [-0.1, -0.05) is 27.2 Å². The monoisotopic (exact) mass is 476 g/mol. The molecule has 12 heteroatoms. The number of ether oxygens (including phenoxy) is 4. The fraction of sp³-hybridized carbons (Fsp3) is 0.714. The molecule has 12 nitrogen and oxygen atoms in total. The second-order valence-electron chi connectivity index (χ2n) is 6.90. The fourth-order valence-corrected chi connectivity index (χ4v) is 2.43. The van der Waals surface area contributed by atoms with Gasteiger partial charge in [-0.25, -0.2) is 19.4 Å². The number of carbonyl (C=O) groups excluding carboxylic acids is 6. The van der Waals surface area contributed by atoms with Crippen molar-refractivity contribution in [2.45, 2.75) is 97.6 Å². The van der Waals surface area contributed by atoms with Gasteiger partial charge in [0.1, 0.15) is 0 Å². The molecule has 0 saturated heterocycles. The molecule has 0 aliphatic carbocycles. The molecular weight excluding hydrogens is 444 g/mol. The maximum atomic E-state index is 12.1. The molecule has 33 heavy (non-hydrogen) atoms. The summed E-state index contributed by atoms with van der Waals surface area (Å²) in [5, 5.41) is 0. The van der Waals surface area contributed by atoms with Crippen molar-refractivity contribution in [3.63, 3.8) is 0 Å². The standard InChI is InChI=1S/C21H32O12/c1-5-8-12-19(26)32-33-20(27)16(28-14-22)11-9-13-21(29-15(4)23,30-17(24)7-3)31-18(25)10-6-2/h14,16H,5-13H2,1-4H3. The molecular formula is C21H32O12. The van der Waals surface area contributed by atoms with Gasteiger partial charge in [0, 0.05) is 19.8 Å². The van der Waals surface area contributed by atoms with Crippen LogP contribution >= 0.6 is 0 Å². The Balaban J connectivity index is 5.28. The van der Waals surface area contributed by atoms with E-state index < -0.39 is 41.9 Å². The van der Waals surface area contributed by atoms with Crippen LogP contribution in [-0.2, 0) is 57.5 Å². The van der Waals surface area contributed by atoms with E-state index in [1.165, 1.54) is 6.92 Å². The van der Waals surface area contributed by atoms with Crippen LogP contribution in [0.1, 0.15) is 85.5 Å². The van der Waals surface area contributed by atoms with E-state index in [-0.39, 0.29) is 45.0 Å². The molecule has 0 fully saturated rings.